The van der Waals surface area contributed by atoms with Gasteiger partial charge in [0, 0.05) is 25.7 Å². The zero-order chi connectivity index (χ0) is 77.8. The van der Waals surface area contributed by atoms with Gasteiger partial charge in [0.25, 0.3) is 0 Å². The van der Waals surface area contributed by atoms with Gasteiger partial charge in [-0.2, -0.15) is 0 Å². The number of phosphoric ester groups is 2. The van der Waals surface area contributed by atoms with Crippen LogP contribution in [0.25, 0.3) is 0 Å². The first-order valence-electron chi connectivity index (χ1n) is 45.0. The molecule has 0 amide bonds. The summed E-state index contributed by atoms with van der Waals surface area (Å²) in [6.07, 6.45) is 70.8. The van der Waals surface area contributed by atoms with E-state index >= 15 is 0 Å². The lowest BCUT2D eigenvalue weighted by atomic mass is 9.99. The number of unbranched alkanes of at least 4 members (excludes halogenated alkanes) is 55. The quantitative estimate of drug-likeness (QED) is 0.0222. The average molecular weight is 1550 g/mol. The van der Waals surface area contributed by atoms with Crippen LogP contribution in [0, 0.1) is 11.8 Å². The second-order valence-electron chi connectivity index (χ2n) is 32.0. The predicted octanol–water partition coefficient (Wildman–Crippen LogP) is 26.6. The van der Waals surface area contributed by atoms with Crippen molar-refractivity contribution in [2.75, 3.05) is 39.6 Å². The molecule has 0 aliphatic carbocycles. The summed E-state index contributed by atoms with van der Waals surface area (Å²) >= 11 is 0. The van der Waals surface area contributed by atoms with Crippen LogP contribution in [0.3, 0.4) is 0 Å². The van der Waals surface area contributed by atoms with Crippen LogP contribution in [0.4, 0.5) is 0 Å². The molecule has 19 heteroatoms. The molecule has 0 aliphatic rings. The average Bonchev–Trinajstić information content (AvgIpc) is 0.894. The molecule has 0 aromatic heterocycles. The van der Waals surface area contributed by atoms with E-state index in [1.807, 2.05) is 0 Å². The molecule has 0 heterocycles. The van der Waals surface area contributed by atoms with E-state index in [4.69, 9.17) is 37.0 Å². The van der Waals surface area contributed by atoms with Gasteiger partial charge in [0.05, 0.1) is 26.4 Å². The van der Waals surface area contributed by atoms with Gasteiger partial charge in [0.2, 0.25) is 0 Å². The Balaban J connectivity index is 5.24. The van der Waals surface area contributed by atoms with Gasteiger partial charge in [-0.1, -0.05) is 414 Å². The van der Waals surface area contributed by atoms with Crippen LogP contribution < -0.4 is 0 Å². The molecule has 0 saturated heterocycles. The van der Waals surface area contributed by atoms with Crippen molar-refractivity contribution in [2.24, 2.45) is 11.8 Å². The Hall–Kier alpha value is -1.94. The van der Waals surface area contributed by atoms with E-state index < -0.39 is 97.5 Å². The summed E-state index contributed by atoms with van der Waals surface area (Å²) in [5.41, 5.74) is 0. The molecule has 3 unspecified atom stereocenters. The minimum absolute atomic E-state index is 0.107. The maximum absolute atomic E-state index is 13.2. The summed E-state index contributed by atoms with van der Waals surface area (Å²) in [4.78, 5) is 73.3. The minimum atomic E-state index is -4.97. The van der Waals surface area contributed by atoms with Gasteiger partial charge in [-0.05, 0) is 37.5 Å². The molecule has 0 saturated carbocycles. The summed E-state index contributed by atoms with van der Waals surface area (Å²) in [6.45, 7) is 9.73. The Kier molecular flexibility index (Phi) is 76.9. The molecule has 0 spiro atoms. The molecule has 0 bridgehead atoms. The molecule has 6 atom stereocenters. The third kappa shape index (κ3) is 78.7. The Morgan fingerprint density at radius 1 is 0.274 bits per heavy atom. The monoisotopic (exact) mass is 1550 g/mol. The summed E-state index contributed by atoms with van der Waals surface area (Å²) in [7, 11) is -9.93. The number of ether oxygens (including phenoxy) is 4. The number of aliphatic hydroxyl groups excluding tert-OH is 1. The number of hydrogen-bond acceptors (Lipinski definition) is 15. The van der Waals surface area contributed by atoms with Crippen molar-refractivity contribution in [3.63, 3.8) is 0 Å². The lowest BCUT2D eigenvalue weighted by molar-refractivity contribution is -0.161. The fourth-order valence-electron chi connectivity index (χ4n) is 13.6. The van der Waals surface area contributed by atoms with Crippen molar-refractivity contribution < 1.29 is 80.2 Å². The van der Waals surface area contributed by atoms with Crippen molar-refractivity contribution in [1.29, 1.82) is 0 Å². The Morgan fingerprint density at radius 2 is 0.481 bits per heavy atom. The lowest BCUT2D eigenvalue weighted by Crippen LogP contribution is -2.30. The standard InChI is InChI=1S/C87H170O17P2/c1-7-10-12-14-16-18-20-22-23-24-25-26-27-28-29-32-36-40-47-53-59-65-71-86(91)103-82(75-98-85(90)70-64-58-52-46-39-35-33-30-31-34-37-43-49-55-61-67-79(4)5)77-101-105(93,94)99-73-81(88)74-100-106(95,96)102-78-83(76-97-84(89)69-63-57-51-45-38-21-19-17-15-13-11-8-2)104-87(92)72-66-60-54-48-42-41-44-50-56-62-68-80(6)9-3/h79-83,88H,7-78H2,1-6H3,(H,93,94)(H,95,96)/t80?,81-,82-,83-/m1/s1. The molecule has 17 nitrogen and oxygen atoms in total. The number of hydrogen-bond donors (Lipinski definition) is 3. The number of rotatable bonds is 86. The van der Waals surface area contributed by atoms with Gasteiger partial charge in [-0.25, -0.2) is 9.13 Å². The molecule has 0 fully saturated rings. The highest BCUT2D eigenvalue weighted by Crippen LogP contribution is 2.45. The maximum atomic E-state index is 13.2. The largest absolute Gasteiger partial charge is 0.472 e. The van der Waals surface area contributed by atoms with Gasteiger partial charge in [-0.3, -0.25) is 37.3 Å². The van der Waals surface area contributed by atoms with E-state index in [0.717, 1.165) is 102 Å². The van der Waals surface area contributed by atoms with E-state index in [9.17, 15) is 43.2 Å². The fraction of sp³-hybridized carbons (Fsp3) is 0.954. The van der Waals surface area contributed by atoms with E-state index in [0.29, 0.717) is 25.7 Å². The first-order chi connectivity index (χ1) is 51.4. The van der Waals surface area contributed by atoms with Gasteiger partial charge in [0.15, 0.2) is 12.2 Å². The van der Waals surface area contributed by atoms with Gasteiger partial charge in [-0.15, -0.1) is 0 Å². The molecule has 0 aromatic rings. The molecule has 3 N–H and O–H groups in total. The topological polar surface area (TPSA) is 237 Å². The van der Waals surface area contributed by atoms with E-state index in [1.165, 1.54) is 283 Å². The van der Waals surface area contributed by atoms with Gasteiger partial charge < -0.3 is 33.8 Å². The van der Waals surface area contributed by atoms with Gasteiger partial charge in [0.1, 0.15) is 19.3 Å². The zero-order valence-electron chi connectivity index (χ0n) is 69.7. The van der Waals surface area contributed by atoms with Crippen molar-refractivity contribution in [3.8, 4) is 0 Å². The molecule has 0 aliphatic heterocycles. The predicted molar refractivity (Wildman–Crippen MR) is 437 cm³/mol. The zero-order valence-corrected chi connectivity index (χ0v) is 71.5. The summed E-state index contributed by atoms with van der Waals surface area (Å²) in [5, 5.41) is 10.7. The molecule has 0 rings (SSSR count). The molecule has 0 aromatic carbocycles. The van der Waals surface area contributed by atoms with E-state index in [1.54, 1.807) is 0 Å². The second kappa shape index (κ2) is 78.3. The van der Waals surface area contributed by atoms with Crippen LogP contribution in [-0.4, -0.2) is 96.7 Å². The molecule has 0 radical (unpaired) electrons. The lowest BCUT2D eigenvalue weighted by Gasteiger charge is -2.21. The molecule has 630 valence electrons. The molecule has 106 heavy (non-hydrogen) atoms. The van der Waals surface area contributed by atoms with Crippen LogP contribution in [0.2, 0.25) is 0 Å². The summed E-state index contributed by atoms with van der Waals surface area (Å²) < 4.78 is 68.9. The highest BCUT2D eigenvalue weighted by atomic mass is 31.2. The second-order valence-corrected chi connectivity index (χ2v) is 34.9. The minimum Gasteiger partial charge on any atom is -0.462 e. The van der Waals surface area contributed by atoms with Crippen molar-refractivity contribution in [3.05, 3.63) is 0 Å². The normalized spacial score (nSPS) is 14.1. The number of esters is 4. The van der Waals surface area contributed by atoms with Crippen LogP contribution in [0.5, 0.6) is 0 Å². The molecular formula is C87H170O17P2. The number of carbonyl (C=O) groups is 4. The SMILES string of the molecule is CCCCCCCCCCCCCCCCCCCCCCCCC(=O)O[C@H](COC(=O)CCCCCCCCCCCCCCCCCC(C)C)COP(=O)(O)OC[C@@H](O)COP(=O)(O)OC[C@@H](COC(=O)CCCCCCCCCCCCCC)OC(=O)CCCCCCCCCCCCC(C)CC. The first kappa shape index (κ1) is 104. The highest BCUT2D eigenvalue weighted by Gasteiger charge is 2.30. The summed E-state index contributed by atoms with van der Waals surface area (Å²) in [6, 6.07) is 0. The number of aliphatic hydroxyl groups is 1. The summed E-state index contributed by atoms with van der Waals surface area (Å²) in [5.74, 6) is -0.491. The van der Waals surface area contributed by atoms with Crippen LogP contribution in [0.15, 0.2) is 0 Å². The molecular weight excluding hydrogens is 1380 g/mol. The van der Waals surface area contributed by atoms with Crippen LogP contribution >= 0.6 is 15.6 Å². The highest BCUT2D eigenvalue weighted by molar-refractivity contribution is 7.47. The van der Waals surface area contributed by atoms with Gasteiger partial charge >= 0.3 is 39.5 Å². The first-order valence-corrected chi connectivity index (χ1v) is 48.0. The third-order valence-corrected chi connectivity index (χ3v) is 22.7. The number of phosphoric acid groups is 2. The Bertz CT molecular complexity index is 2030. The van der Waals surface area contributed by atoms with Crippen molar-refractivity contribution in [1.82, 2.24) is 0 Å². The maximum Gasteiger partial charge on any atom is 0.472 e. The Morgan fingerprint density at radius 3 is 0.717 bits per heavy atom. The van der Waals surface area contributed by atoms with Crippen LogP contribution in [-0.2, 0) is 65.4 Å². The number of carbonyl (C=O) groups excluding carboxylic acids is 4. The Labute approximate surface area is 651 Å². The van der Waals surface area contributed by atoms with Crippen molar-refractivity contribution in [2.45, 2.75) is 484 Å². The smallest absolute Gasteiger partial charge is 0.462 e. The van der Waals surface area contributed by atoms with E-state index in [2.05, 4.69) is 41.5 Å². The van der Waals surface area contributed by atoms with Crippen LogP contribution in [0.1, 0.15) is 465 Å². The van der Waals surface area contributed by atoms with Crippen molar-refractivity contribution >= 4 is 39.5 Å². The third-order valence-electron chi connectivity index (χ3n) is 20.8. The van der Waals surface area contributed by atoms with E-state index in [-0.39, 0.29) is 25.7 Å². The fourth-order valence-corrected chi connectivity index (χ4v) is 15.1.